The highest BCUT2D eigenvalue weighted by molar-refractivity contribution is 7.89. The lowest BCUT2D eigenvalue weighted by atomic mass is 10.1. The van der Waals surface area contributed by atoms with Gasteiger partial charge in [0.05, 0.1) is 10.5 Å². The maximum absolute atomic E-state index is 13.5. The molecule has 0 fully saturated rings. The summed E-state index contributed by atoms with van der Waals surface area (Å²) in [4.78, 5) is 10.6. The third-order valence-electron chi connectivity index (χ3n) is 2.31. The topological polar surface area (TPSA) is 83.5 Å². The molecule has 2 N–H and O–H groups in total. The second-order valence-corrected chi connectivity index (χ2v) is 5.57. The van der Waals surface area contributed by atoms with Gasteiger partial charge in [-0.2, -0.15) is 0 Å². The lowest BCUT2D eigenvalue weighted by Crippen LogP contribution is -2.25. The smallest absolute Gasteiger partial charge is 0.338 e. The van der Waals surface area contributed by atoms with E-state index >= 15 is 0 Å². The van der Waals surface area contributed by atoms with Gasteiger partial charge in [-0.3, -0.25) is 0 Å². The molecule has 100 valence electrons. The Morgan fingerprint density at radius 1 is 1.44 bits per heavy atom. The van der Waals surface area contributed by atoms with Crippen molar-refractivity contribution in [3.63, 3.8) is 0 Å². The van der Waals surface area contributed by atoms with Gasteiger partial charge >= 0.3 is 5.97 Å². The molecule has 1 aromatic carbocycles. The van der Waals surface area contributed by atoms with Crippen LogP contribution in [0, 0.1) is 12.7 Å². The van der Waals surface area contributed by atoms with E-state index in [1.54, 1.807) is 6.92 Å². The molecule has 0 amide bonds. The average molecular weight is 275 g/mol. The number of sulfonamides is 1. The van der Waals surface area contributed by atoms with E-state index < -0.39 is 27.4 Å². The molecule has 0 unspecified atom stereocenters. The second-order valence-electron chi connectivity index (χ2n) is 3.80. The van der Waals surface area contributed by atoms with Crippen molar-refractivity contribution in [1.82, 2.24) is 4.72 Å². The number of carbonyl (C=O) groups is 1. The van der Waals surface area contributed by atoms with Crippen molar-refractivity contribution in [2.45, 2.75) is 25.2 Å². The van der Waals surface area contributed by atoms with Gasteiger partial charge in [0.15, 0.2) is 0 Å². The van der Waals surface area contributed by atoms with Gasteiger partial charge in [-0.25, -0.2) is 22.3 Å². The van der Waals surface area contributed by atoms with E-state index in [0.29, 0.717) is 6.42 Å². The molecule has 1 aromatic rings. The van der Waals surface area contributed by atoms with E-state index in [-0.39, 0.29) is 17.0 Å². The maximum Gasteiger partial charge on any atom is 0.338 e. The van der Waals surface area contributed by atoms with Crippen molar-refractivity contribution in [3.8, 4) is 0 Å². The molecule has 0 saturated carbocycles. The zero-order valence-corrected chi connectivity index (χ0v) is 10.8. The summed E-state index contributed by atoms with van der Waals surface area (Å²) in [5, 5.41) is 8.80. The Bertz CT molecular complexity index is 569. The fraction of sp³-hybridized carbons (Fsp3) is 0.364. The Kier molecular flexibility index (Phi) is 4.42. The van der Waals surface area contributed by atoms with E-state index in [4.69, 9.17) is 5.11 Å². The predicted molar refractivity (Wildman–Crippen MR) is 63.6 cm³/mol. The molecule has 5 nitrogen and oxygen atoms in total. The minimum Gasteiger partial charge on any atom is -0.478 e. The third-order valence-corrected chi connectivity index (χ3v) is 3.75. The molecule has 1 rings (SSSR count). The van der Waals surface area contributed by atoms with Crippen LogP contribution in [0.1, 0.15) is 29.3 Å². The fourth-order valence-electron chi connectivity index (χ4n) is 1.37. The number of hydrogen-bond acceptors (Lipinski definition) is 3. The zero-order chi connectivity index (χ0) is 13.9. The SMILES string of the molecule is CCCNS(=O)(=O)c1cc(C)c(F)c(C(=O)O)c1. The number of aryl methyl sites for hydroxylation is 1. The van der Waals surface area contributed by atoms with Gasteiger partial charge in [0.25, 0.3) is 0 Å². The van der Waals surface area contributed by atoms with Gasteiger partial charge < -0.3 is 5.11 Å². The molecule has 0 heterocycles. The second kappa shape index (κ2) is 5.45. The van der Waals surface area contributed by atoms with E-state index in [1.165, 1.54) is 6.92 Å². The van der Waals surface area contributed by atoms with Crippen molar-refractivity contribution in [3.05, 3.63) is 29.1 Å². The first kappa shape index (κ1) is 14.6. The number of rotatable bonds is 5. The predicted octanol–water partition coefficient (Wildman–Crippen LogP) is 1.52. The van der Waals surface area contributed by atoms with Crippen LogP contribution in [0.25, 0.3) is 0 Å². The van der Waals surface area contributed by atoms with Crippen molar-refractivity contribution < 1.29 is 22.7 Å². The minimum absolute atomic E-state index is 0.0215. The summed E-state index contributed by atoms with van der Waals surface area (Å²) in [6.07, 6.45) is 0.602. The van der Waals surface area contributed by atoms with Gasteiger partial charge in [0.1, 0.15) is 5.82 Å². The van der Waals surface area contributed by atoms with E-state index in [9.17, 15) is 17.6 Å². The van der Waals surface area contributed by atoms with Crippen LogP contribution in [0.3, 0.4) is 0 Å². The van der Waals surface area contributed by atoms with Crippen LogP contribution in [0.2, 0.25) is 0 Å². The first-order valence-electron chi connectivity index (χ1n) is 5.32. The molecule has 0 spiro atoms. The molecule has 0 atom stereocenters. The molecular weight excluding hydrogens is 261 g/mol. The lowest BCUT2D eigenvalue weighted by molar-refractivity contribution is 0.0691. The number of halogens is 1. The quantitative estimate of drug-likeness (QED) is 0.853. The van der Waals surface area contributed by atoms with E-state index in [1.807, 2.05) is 0 Å². The van der Waals surface area contributed by atoms with Gasteiger partial charge in [0, 0.05) is 6.54 Å². The van der Waals surface area contributed by atoms with Crippen LogP contribution in [0.5, 0.6) is 0 Å². The van der Waals surface area contributed by atoms with Crippen LogP contribution in [-0.2, 0) is 10.0 Å². The normalized spacial score (nSPS) is 11.5. The molecule has 7 heteroatoms. The molecule has 0 aliphatic rings. The molecule has 0 saturated heterocycles. The Hall–Kier alpha value is -1.47. The van der Waals surface area contributed by atoms with Crippen LogP contribution in [-0.4, -0.2) is 26.0 Å². The van der Waals surface area contributed by atoms with Gasteiger partial charge in [-0.15, -0.1) is 0 Å². The van der Waals surface area contributed by atoms with Crippen molar-refractivity contribution >= 4 is 16.0 Å². The van der Waals surface area contributed by atoms with Crippen LogP contribution < -0.4 is 4.72 Å². The summed E-state index contributed by atoms with van der Waals surface area (Å²) in [5.41, 5.74) is -0.668. The number of nitrogens with one attached hydrogen (secondary N) is 1. The van der Waals surface area contributed by atoms with Gasteiger partial charge in [-0.1, -0.05) is 6.92 Å². The van der Waals surface area contributed by atoms with Crippen molar-refractivity contribution in [1.29, 1.82) is 0 Å². The summed E-state index contributed by atoms with van der Waals surface area (Å²) in [5.74, 6) is -2.42. The van der Waals surface area contributed by atoms with Crippen molar-refractivity contribution in [2.75, 3.05) is 6.54 Å². The molecule has 18 heavy (non-hydrogen) atoms. The number of carboxylic acid groups (broad SMARTS) is 1. The monoisotopic (exact) mass is 275 g/mol. The molecule has 0 aliphatic carbocycles. The summed E-state index contributed by atoms with van der Waals surface area (Å²) < 4.78 is 39.4. The molecule has 0 aliphatic heterocycles. The number of benzene rings is 1. The number of aromatic carboxylic acids is 1. The highest BCUT2D eigenvalue weighted by Crippen LogP contribution is 2.19. The van der Waals surface area contributed by atoms with Crippen LogP contribution >= 0.6 is 0 Å². The molecule has 0 radical (unpaired) electrons. The maximum atomic E-state index is 13.5. The summed E-state index contributed by atoms with van der Waals surface area (Å²) in [6, 6.07) is 1.93. The van der Waals surface area contributed by atoms with Crippen LogP contribution in [0.15, 0.2) is 17.0 Å². The van der Waals surface area contributed by atoms with E-state index in [0.717, 1.165) is 12.1 Å². The Morgan fingerprint density at radius 2 is 2.06 bits per heavy atom. The van der Waals surface area contributed by atoms with Gasteiger partial charge in [0.2, 0.25) is 10.0 Å². The Balaban J connectivity index is 3.31. The first-order chi connectivity index (χ1) is 8.29. The Morgan fingerprint density at radius 3 is 2.56 bits per heavy atom. The first-order valence-corrected chi connectivity index (χ1v) is 6.81. The highest BCUT2D eigenvalue weighted by atomic mass is 32.2. The van der Waals surface area contributed by atoms with Crippen molar-refractivity contribution in [2.24, 2.45) is 0 Å². The summed E-state index contributed by atoms with van der Waals surface area (Å²) in [6.45, 7) is 3.35. The fourth-order valence-corrected chi connectivity index (χ4v) is 2.61. The van der Waals surface area contributed by atoms with E-state index in [2.05, 4.69) is 4.72 Å². The Labute approximate surface area is 105 Å². The highest BCUT2D eigenvalue weighted by Gasteiger charge is 2.20. The molecular formula is C11H14FNO4S. The number of carboxylic acids is 1. The summed E-state index contributed by atoms with van der Waals surface area (Å²) in [7, 11) is -3.80. The third kappa shape index (κ3) is 3.05. The average Bonchev–Trinajstić information content (AvgIpc) is 2.29. The standard InChI is InChI=1S/C11H14FNO4S/c1-3-4-13-18(16,17)8-5-7(2)10(12)9(6-8)11(14)15/h5-6,13H,3-4H2,1-2H3,(H,14,15). The number of hydrogen-bond donors (Lipinski definition) is 2. The molecule has 0 bridgehead atoms. The van der Waals surface area contributed by atoms with Crippen LogP contribution in [0.4, 0.5) is 4.39 Å². The lowest BCUT2D eigenvalue weighted by Gasteiger charge is -2.09. The summed E-state index contributed by atoms with van der Waals surface area (Å²) >= 11 is 0. The molecule has 0 aromatic heterocycles. The zero-order valence-electron chi connectivity index (χ0n) is 10.0. The largest absolute Gasteiger partial charge is 0.478 e. The minimum atomic E-state index is -3.80. The van der Waals surface area contributed by atoms with Gasteiger partial charge in [-0.05, 0) is 31.0 Å².